The second kappa shape index (κ2) is 12.9. The topological polar surface area (TPSA) is 74.5 Å². The van der Waals surface area contributed by atoms with Crippen molar-refractivity contribution in [3.63, 3.8) is 0 Å². The third kappa shape index (κ3) is 6.74. The summed E-state index contributed by atoms with van der Waals surface area (Å²) in [5.74, 6) is 1.56. The minimum absolute atomic E-state index is 0.104. The largest absolute Gasteiger partial charge is 0.369 e. The lowest BCUT2D eigenvalue weighted by Gasteiger charge is -2.36. The number of hydrogen-bond acceptors (Lipinski definition) is 6. The third-order valence-electron chi connectivity index (χ3n) is 8.28. The second-order valence-corrected chi connectivity index (χ2v) is 11.9. The number of anilines is 2. The van der Waals surface area contributed by atoms with Crippen LogP contribution >= 0.6 is 0 Å². The Hall–Kier alpha value is -4.75. The minimum atomic E-state index is -0.104. The molecule has 7 nitrogen and oxygen atoms in total. The highest BCUT2D eigenvalue weighted by Crippen LogP contribution is 2.29. The Morgan fingerprint density at radius 1 is 0.864 bits per heavy atom. The van der Waals surface area contributed by atoms with Crippen molar-refractivity contribution in [2.45, 2.75) is 40.2 Å². The maximum atomic E-state index is 13.4. The molecule has 0 spiro atoms. The molecule has 6 rings (SSSR count). The summed E-state index contributed by atoms with van der Waals surface area (Å²) in [6.07, 6.45) is 0. The van der Waals surface area contributed by atoms with Gasteiger partial charge < -0.3 is 14.7 Å². The standard InChI is InChI=1S/C37H39N5O2/c1-25(2)29-9-11-30(12-10-29)35-22-26(3)8-17-34(35)36(43)39-32-13-15-33(16-14-32)42-20-18-41(19-21-42)24-28-6-5-7-31(23-28)37-38-27(4)40-44-37/h5-17,22-23,25H,18-21,24H2,1-4H3,(H,39,43). The quantitative estimate of drug-likeness (QED) is 0.201. The molecule has 1 fully saturated rings. The zero-order valence-corrected chi connectivity index (χ0v) is 25.9. The van der Waals surface area contributed by atoms with Gasteiger partial charge in [-0.25, -0.2) is 0 Å². The van der Waals surface area contributed by atoms with Gasteiger partial charge in [-0.1, -0.05) is 73.1 Å². The minimum Gasteiger partial charge on any atom is -0.369 e. The van der Waals surface area contributed by atoms with Crippen LogP contribution in [0.5, 0.6) is 0 Å². The van der Waals surface area contributed by atoms with E-state index in [4.69, 9.17) is 4.52 Å². The maximum absolute atomic E-state index is 13.4. The molecule has 0 radical (unpaired) electrons. The van der Waals surface area contributed by atoms with Crippen molar-refractivity contribution in [2.24, 2.45) is 0 Å². The third-order valence-corrected chi connectivity index (χ3v) is 8.28. The lowest BCUT2D eigenvalue weighted by Crippen LogP contribution is -2.45. The van der Waals surface area contributed by atoms with Crippen LogP contribution in [0.15, 0.2) is 95.5 Å². The van der Waals surface area contributed by atoms with Crippen molar-refractivity contribution in [1.29, 1.82) is 0 Å². The van der Waals surface area contributed by atoms with E-state index in [1.807, 2.05) is 43.3 Å². The Bertz CT molecular complexity index is 1730. The molecule has 1 N–H and O–H groups in total. The number of amides is 1. The summed E-state index contributed by atoms with van der Waals surface area (Å²) >= 11 is 0. The molecule has 2 heterocycles. The monoisotopic (exact) mass is 585 g/mol. The van der Waals surface area contributed by atoms with Crippen LogP contribution in [0.2, 0.25) is 0 Å². The van der Waals surface area contributed by atoms with Gasteiger partial charge in [0.2, 0.25) is 0 Å². The van der Waals surface area contributed by atoms with Crippen molar-refractivity contribution in [1.82, 2.24) is 15.0 Å². The van der Waals surface area contributed by atoms with E-state index in [1.54, 1.807) is 0 Å². The molecule has 0 bridgehead atoms. The number of aryl methyl sites for hydroxylation is 2. The number of carbonyl (C=O) groups excluding carboxylic acids is 1. The number of nitrogens with zero attached hydrogens (tertiary/aromatic N) is 4. The first-order valence-corrected chi connectivity index (χ1v) is 15.3. The van der Waals surface area contributed by atoms with Crippen molar-refractivity contribution < 1.29 is 9.32 Å². The summed E-state index contributed by atoms with van der Waals surface area (Å²) in [6, 6.07) is 31.1. The molecule has 1 aromatic heterocycles. The Kier molecular flexibility index (Phi) is 8.57. The average molecular weight is 586 g/mol. The summed E-state index contributed by atoms with van der Waals surface area (Å²) in [6.45, 7) is 13.0. The van der Waals surface area contributed by atoms with Gasteiger partial charge in [0.25, 0.3) is 11.8 Å². The Labute approximate surface area is 259 Å². The second-order valence-electron chi connectivity index (χ2n) is 11.9. The Morgan fingerprint density at radius 3 is 2.30 bits per heavy atom. The van der Waals surface area contributed by atoms with Gasteiger partial charge in [0.05, 0.1) is 0 Å². The van der Waals surface area contributed by atoms with Crippen molar-refractivity contribution in [2.75, 3.05) is 36.4 Å². The number of carbonyl (C=O) groups is 1. The number of rotatable bonds is 8. The number of hydrogen-bond donors (Lipinski definition) is 1. The van der Waals surface area contributed by atoms with Gasteiger partial charge in [0.1, 0.15) is 0 Å². The average Bonchev–Trinajstić information content (AvgIpc) is 3.48. The molecule has 224 valence electrons. The van der Waals surface area contributed by atoms with E-state index in [9.17, 15) is 4.79 Å². The van der Waals surface area contributed by atoms with E-state index in [1.165, 1.54) is 11.1 Å². The number of aromatic nitrogens is 2. The number of nitrogens with one attached hydrogen (secondary N) is 1. The molecule has 44 heavy (non-hydrogen) atoms. The van der Waals surface area contributed by atoms with E-state index in [0.29, 0.717) is 23.2 Å². The van der Waals surface area contributed by atoms with Crippen LogP contribution < -0.4 is 10.2 Å². The maximum Gasteiger partial charge on any atom is 0.257 e. The summed E-state index contributed by atoms with van der Waals surface area (Å²) < 4.78 is 5.34. The summed E-state index contributed by atoms with van der Waals surface area (Å²) in [4.78, 5) is 22.7. The van der Waals surface area contributed by atoms with Gasteiger partial charge in [-0.2, -0.15) is 4.98 Å². The smallest absolute Gasteiger partial charge is 0.257 e. The van der Waals surface area contributed by atoms with Gasteiger partial charge in [-0.3, -0.25) is 9.69 Å². The highest BCUT2D eigenvalue weighted by Gasteiger charge is 2.19. The van der Waals surface area contributed by atoms with Crippen molar-refractivity contribution in [3.05, 3.63) is 119 Å². The first-order chi connectivity index (χ1) is 21.3. The van der Waals surface area contributed by atoms with Gasteiger partial charge in [0.15, 0.2) is 5.82 Å². The molecular formula is C37H39N5O2. The van der Waals surface area contributed by atoms with Crippen LogP contribution in [-0.4, -0.2) is 47.1 Å². The molecule has 0 aliphatic carbocycles. The van der Waals surface area contributed by atoms with Crippen molar-refractivity contribution in [3.8, 4) is 22.6 Å². The zero-order chi connectivity index (χ0) is 30.6. The highest BCUT2D eigenvalue weighted by molar-refractivity contribution is 6.08. The van der Waals surface area contributed by atoms with Crippen LogP contribution in [0.4, 0.5) is 11.4 Å². The molecule has 5 aromatic rings. The lowest BCUT2D eigenvalue weighted by molar-refractivity contribution is 0.102. The molecular weight excluding hydrogens is 546 g/mol. The molecule has 1 aliphatic heterocycles. The molecule has 1 amide bonds. The Morgan fingerprint density at radius 2 is 1.61 bits per heavy atom. The van der Waals surface area contributed by atoms with E-state index in [2.05, 4.69) is 101 Å². The van der Waals surface area contributed by atoms with Crippen LogP contribution in [-0.2, 0) is 6.54 Å². The number of benzene rings is 4. The highest BCUT2D eigenvalue weighted by atomic mass is 16.5. The van der Waals surface area contributed by atoms with Crippen LogP contribution in [0.1, 0.15) is 52.6 Å². The SMILES string of the molecule is Cc1ccc(C(=O)Nc2ccc(N3CCN(Cc4cccc(-c5nc(C)no5)c4)CC3)cc2)c(-c2ccc(C(C)C)cc2)c1. The summed E-state index contributed by atoms with van der Waals surface area (Å²) in [7, 11) is 0. The summed E-state index contributed by atoms with van der Waals surface area (Å²) in [5, 5.41) is 7.03. The van der Waals surface area contributed by atoms with E-state index in [0.717, 1.165) is 66.4 Å². The fourth-order valence-corrected chi connectivity index (χ4v) is 5.74. The zero-order valence-electron chi connectivity index (χ0n) is 25.9. The normalized spacial score (nSPS) is 13.8. The molecule has 1 saturated heterocycles. The predicted molar refractivity (Wildman–Crippen MR) is 177 cm³/mol. The number of piperazine rings is 1. The first kappa shape index (κ1) is 29.3. The molecule has 1 aliphatic rings. The molecule has 0 unspecified atom stereocenters. The van der Waals surface area contributed by atoms with E-state index in [-0.39, 0.29) is 5.91 Å². The van der Waals surface area contributed by atoms with Gasteiger partial charge in [-0.15, -0.1) is 0 Å². The van der Waals surface area contributed by atoms with Crippen LogP contribution in [0, 0.1) is 13.8 Å². The summed E-state index contributed by atoms with van der Waals surface area (Å²) in [5.41, 5.74) is 9.22. The van der Waals surface area contributed by atoms with E-state index < -0.39 is 0 Å². The van der Waals surface area contributed by atoms with Gasteiger partial charge in [0, 0.05) is 55.2 Å². The first-order valence-electron chi connectivity index (χ1n) is 15.3. The molecule has 7 heteroatoms. The predicted octanol–water partition coefficient (Wildman–Crippen LogP) is 7.72. The molecule has 0 atom stereocenters. The van der Waals surface area contributed by atoms with Crippen LogP contribution in [0.3, 0.4) is 0 Å². The lowest BCUT2D eigenvalue weighted by atomic mass is 9.94. The molecule has 4 aromatic carbocycles. The Balaban J connectivity index is 1.06. The molecule has 0 saturated carbocycles. The fourth-order valence-electron chi connectivity index (χ4n) is 5.74. The fraction of sp³-hybridized carbons (Fsp3) is 0.270. The van der Waals surface area contributed by atoms with E-state index >= 15 is 0 Å². The van der Waals surface area contributed by atoms with Gasteiger partial charge in [-0.05, 0) is 84.5 Å². The van der Waals surface area contributed by atoms with Gasteiger partial charge >= 0.3 is 0 Å². The van der Waals surface area contributed by atoms with Crippen molar-refractivity contribution >= 4 is 17.3 Å². The van der Waals surface area contributed by atoms with Crippen LogP contribution in [0.25, 0.3) is 22.6 Å².